The molecule has 166 valence electrons. The maximum atomic E-state index is 5.16. The number of ether oxygens (including phenoxy) is 1. The summed E-state index contributed by atoms with van der Waals surface area (Å²) in [4.78, 5) is 9.38. The lowest BCUT2D eigenvalue weighted by Gasteiger charge is -2.27. The zero-order chi connectivity index (χ0) is 20.2. The molecule has 1 fully saturated rings. The minimum atomic E-state index is 0. The first-order valence-electron chi connectivity index (χ1n) is 10.5. The van der Waals surface area contributed by atoms with Gasteiger partial charge >= 0.3 is 0 Å². The molecule has 1 atom stereocenters. The number of methoxy groups -OCH3 is 1. The molecule has 1 saturated carbocycles. The highest BCUT2D eigenvalue weighted by Crippen LogP contribution is 2.18. The lowest BCUT2D eigenvalue weighted by molar-refractivity contribution is 0.177. The maximum Gasteiger partial charge on any atom is 0.192 e. The van der Waals surface area contributed by atoms with Crippen molar-refractivity contribution in [2.75, 3.05) is 7.11 Å². The van der Waals surface area contributed by atoms with Crippen LogP contribution in [0.25, 0.3) is 0 Å². The average molecular weight is 529 g/mol. The van der Waals surface area contributed by atoms with E-state index in [0.717, 1.165) is 48.6 Å². The molecule has 2 aliphatic rings. The van der Waals surface area contributed by atoms with Gasteiger partial charge in [-0.3, -0.25) is 0 Å². The molecule has 0 radical (unpaired) electrons. The predicted molar refractivity (Wildman–Crippen MR) is 124 cm³/mol. The third-order valence-electron chi connectivity index (χ3n) is 5.77. The van der Waals surface area contributed by atoms with Crippen molar-refractivity contribution in [1.29, 1.82) is 0 Å². The van der Waals surface area contributed by atoms with Crippen LogP contribution in [0.2, 0.25) is 0 Å². The zero-order valence-electron chi connectivity index (χ0n) is 18.0. The smallest absolute Gasteiger partial charge is 0.192 e. The highest BCUT2D eigenvalue weighted by atomic mass is 127. The molecule has 3 heterocycles. The third-order valence-corrected chi connectivity index (χ3v) is 5.77. The third kappa shape index (κ3) is 5.48. The molecule has 0 spiro atoms. The molecule has 2 aromatic rings. The Bertz CT molecular complexity index is 856. The first kappa shape index (κ1) is 22.9. The number of fused-ring (bicyclic) bond motifs is 1. The number of aromatic nitrogens is 6. The quantitative estimate of drug-likeness (QED) is 0.332. The van der Waals surface area contributed by atoms with Crippen LogP contribution in [0.15, 0.2) is 4.99 Å². The summed E-state index contributed by atoms with van der Waals surface area (Å²) in [7, 11) is 3.64. The van der Waals surface area contributed by atoms with Gasteiger partial charge in [-0.05, 0) is 26.2 Å². The number of nitrogens with zero attached hydrogens (tertiary/aromatic N) is 7. The second-order valence-corrected chi connectivity index (χ2v) is 7.95. The number of hydrogen-bond donors (Lipinski definition) is 2. The van der Waals surface area contributed by atoms with Crippen molar-refractivity contribution in [3.63, 3.8) is 0 Å². The van der Waals surface area contributed by atoms with Crippen LogP contribution in [0, 0.1) is 6.92 Å². The number of nitrogens with one attached hydrogen (secondary N) is 2. The van der Waals surface area contributed by atoms with Gasteiger partial charge in [0.05, 0.1) is 6.54 Å². The molecule has 30 heavy (non-hydrogen) atoms. The van der Waals surface area contributed by atoms with E-state index in [1.54, 1.807) is 7.11 Å². The van der Waals surface area contributed by atoms with Crippen molar-refractivity contribution in [3.8, 4) is 0 Å². The number of guanidine groups is 1. The fraction of sp³-hybridized carbons (Fsp3) is 0.737. The van der Waals surface area contributed by atoms with E-state index < -0.39 is 0 Å². The molecule has 4 rings (SSSR count). The van der Waals surface area contributed by atoms with Gasteiger partial charge in [0.2, 0.25) is 0 Å². The minimum absolute atomic E-state index is 0. The fourth-order valence-corrected chi connectivity index (χ4v) is 4.00. The van der Waals surface area contributed by atoms with E-state index in [4.69, 9.17) is 9.73 Å². The fourth-order valence-electron chi connectivity index (χ4n) is 4.00. The molecule has 2 N–H and O–H groups in total. The highest BCUT2D eigenvalue weighted by Gasteiger charge is 2.24. The van der Waals surface area contributed by atoms with E-state index in [1.165, 1.54) is 25.7 Å². The van der Waals surface area contributed by atoms with Crippen molar-refractivity contribution < 1.29 is 4.74 Å². The van der Waals surface area contributed by atoms with Crippen LogP contribution in [-0.2, 0) is 37.9 Å². The Hall–Kier alpha value is -1.76. The summed E-state index contributed by atoms with van der Waals surface area (Å²) in [6, 6.07) is 0.745. The summed E-state index contributed by atoms with van der Waals surface area (Å²) in [6.45, 7) is 3.68. The zero-order valence-corrected chi connectivity index (χ0v) is 20.3. The molecule has 1 unspecified atom stereocenters. The minimum Gasteiger partial charge on any atom is -0.377 e. The lowest BCUT2D eigenvalue weighted by Crippen LogP contribution is -2.49. The second kappa shape index (κ2) is 10.5. The van der Waals surface area contributed by atoms with Crippen LogP contribution >= 0.6 is 24.0 Å². The van der Waals surface area contributed by atoms with E-state index in [1.807, 2.05) is 23.2 Å². The Morgan fingerprint density at radius 2 is 1.93 bits per heavy atom. The predicted octanol–water partition coefficient (Wildman–Crippen LogP) is 1.47. The SMILES string of the molecule is COCc1nc2n(n1)CC(NC(=NCc1nnc(C)n1C)NC1CCCC1)CC2.I. The summed E-state index contributed by atoms with van der Waals surface area (Å²) >= 11 is 0. The Labute approximate surface area is 194 Å². The van der Waals surface area contributed by atoms with Gasteiger partial charge in [-0.2, -0.15) is 5.10 Å². The van der Waals surface area contributed by atoms with Gasteiger partial charge in [-0.1, -0.05) is 12.8 Å². The molecule has 1 aliphatic heterocycles. The Balaban J connectivity index is 0.00000256. The molecule has 0 aromatic carbocycles. The lowest BCUT2D eigenvalue weighted by atomic mass is 10.1. The van der Waals surface area contributed by atoms with Crippen LogP contribution in [-0.4, -0.2) is 54.7 Å². The molecule has 10 nitrogen and oxygen atoms in total. The Kier molecular flexibility index (Phi) is 8.03. The first-order valence-corrected chi connectivity index (χ1v) is 10.5. The van der Waals surface area contributed by atoms with Gasteiger partial charge in [0, 0.05) is 32.7 Å². The van der Waals surface area contributed by atoms with E-state index in [2.05, 4.69) is 30.9 Å². The summed E-state index contributed by atoms with van der Waals surface area (Å²) in [5, 5.41) is 20.2. The number of aliphatic imine (C=N–C) groups is 1. The Morgan fingerprint density at radius 1 is 1.17 bits per heavy atom. The number of hydrogen-bond acceptors (Lipinski definition) is 6. The largest absolute Gasteiger partial charge is 0.377 e. The van der Waals surface area contributed by atoms with Crippen molar-refractivity contribution in [2.45, 2.75) is 77.2 Å². The number of rotatable bonds is 6. The normalized spacial score (nSPS) is 19.4. The van der Waals surface area contributed by atoms with Crippen LogP contribution in [0.5, 0.6) is 0 Å². The van der Waals surface area contributed by atoms with E-state index in [-0.39, 0.29) is 30.0 Å². The Morgan fingerprint density at radius 3 is 2.63 bits per heavy atom. The molecule has 1 aliphatic carbocycles. The van der Waals surface area contributed by atoms with Crippen molar-refractivity contribution in [1.82, 2.24) is 40.2 Å². The number of halogens is 1. The molecular weight excluding hydrogens is 497 g/mol. The summed E-state index contributed by atoms with van der Waals surface area (Å²) < 4.78 is 9.14. The monoisotopic (exact) mass is 529 g/mol. The van der Waals surface area contributed by atoms with Gasteiger partial charge in [0.15, 0.2) is 17.6 Å². The van der Waals surface area contributed by atoms with Crippen LogP contribution in [0.4, 0.5) is 0 Å². The first-order chi connectivity index (χ1) is 14.1. The van der Waals surface area contributed by atoms with Gasteiger partial charge in [-0.15, -0.1) is 34.2 Å². The van der Waals surface area contributed by atoms with Gasteiger partial charge < -0.3 is 19.9 Å². The summed E-state index contributed by atoms with van der Waals surface area (Å²) in [6.07, 6.45) is 6.85. The van der Waals surface area contributed by atoms with Crippen LogP contribution in [0.1, 0.15) is 55.4 Å². The average Bonchev–Trinajstić information content (AvgIpc) is 3.42. The van der Waals surface area contributed by atoms with Crippen molar-refractivity contribution in [3.05, 3.63) is 23.3 Å². The summed E-state index contributed by atoms with van der Waals surface area (Å²) in [5.74, 6) is 4.39. The van der Waals surface area contributed by atoms with E-state index in [0.29, 0.717) is 19.2 Å². The van der Waals surface area contributed by atoms with E-state index in [9.17, 15) is 0 Å². The number of aryl methyl sites for hydroxylation is 2. The van der Waals surface area contributed by atoms with Gasteiger partial charge in [0.25, 0.3) is 0 Å². The molecule has 0 amide bonds. The van der Waals surface area contributed by atoms with Gasteiger partial charge in [-0.25, -0.2) is 14.7 Å². The maximum absolute atomic E-state index is 5.16. The standard InChI is InChI=1S/C19H31N9O.HI/c1-13-24-25-18(27(13)2)10-20-19(21-14-6-4-5-7-14)22-15-8-9-17-23-16(12-29-3)26-28(17)11-15;/h14-15H,4-12H2,1-3H3,(H2,20,21,22);1H. The van der Waals surface area contributed by atoms with Crippen molar-refractivity contribution >= 4 is 29.9 Å². The van der Waals surface area contributed by atoms with Crippen LogP contribution < -0.4 is 10.6 Å². The highest BCUT2D eigenvalue weighted by molar-refractivity contribution is 14.0. The van der Waals surface area contributed by atoms with Crippen molar-refractivity contribution in [2.24, 2.45) is 12.0 Å². The topological polar surface area (TPSA) is 107 Å². The molecule has 0 bridgehead atoms. The molecule has 2 aromatic heterocycles. The molecular formula is C19H32IN9O. The van der Waals surface area contributed by atoms with Gasteiger partial charge in [0.1, 0.15) is 24.8 Å². The second-order valence-electron chi connectivity index (χ2n) is 7.95. The molecule has 0 saturated heterocycles. The molecule has 11 heteroatoms. The van der Waals surface area contributed by atoms with E-state index >= 15 is 0 Å². The summed E-state index contributed by atoms with van der Waals surface area (Å²) in [5.41, 5.74) is 0. The van der Waals surface area contributed by atoms with Crippen LogP contribution in [0.3, 0.4) is 0 Å².